The number of aliphatic hydroxyl groups is 1. The highest BCUT2D eigenvalue weighted by molar-refractivity contribution is 5.70. The minimum Gasteiger partial charge on any atom is -0.462 e. The Morgan fingerprint density at radius 1 is 0.329 bits per heavy atom. The van der Waals surface area contributed by atoms with E-state index in [1.54, 1.807) is 0 Å². The number of rotatable bonds is 52. The smallest absolute Gasteiger partial charge is 0.306 e. The number of carbonyl (C=O) groups is 2. The summed E-state index contributed by atoms with van der Waals surface area (Å²) in [4.78, 5) is 24.5. The van der Waals surface area contributed by atoms with Crippen LogP contribution in [0.4, 0.5) is 0 Å². The molecule has 0 saturated carbocycles. The molecule has 0 fully saturated rings. The molecule has 1 atom stereocenters. The van der Waals surface area contributed by atoms with Crippen LogP contribution in [-0.2, 0) is 19.1 Å². The monoisotopic (exact) mass is 969 g/mol. The van der Waals surface area contributed by atoms with Crippen LogP contribution in [0.5, 0.6) is 0 Å². The molecular weight excluding hydrogens is 861 g/mol. The lowest BCUT2D eigenvalue weighted by molar-refractivity contribution is -0.161. The average molecular weight is 970 g/mol. The van der Waals surface area contributed by atoms with Crippen molar-refractivity contribution in [3.05, 3.63) is 122 Å². The van der Waals surface area contributed by atoms with Gasteiger partial charge >= 0.3 is 11.9 Å². The molecular formula is C65H108O5. The lowest BCUT2D eigenvalue weighted by Crippen LogP contribution is -2.28. The van der Waals surface area contributed by atoms with E-state index in [1.807, 2.05) is 0 Å². The molecule has 70 heavy (non-hydrogen) atoms. The Kier molecular flexibility index (Phi) is 56.5. The van der Waals surface area contributed by atoms with Crippen molar-refractivity contribution < 1.29 is 24.2 Å². The fourth-order valence-corrected chi connectivity index (χ4v) is 7.96. The molecule has 0 aliphatic carbocycles. The zero-order chi connectivity index (χ0) is 50.6. The van der Waals surface area contributed by atoms with Crippen LogP contribution >= 0.6 is 0 Å². The highest BCUT2D eigenvalue weighted by Gasteiger charge is 2.16. The third kappa shape index (κ3) is 56.9. The number of aliphatic hydroxyl groups excluding tert-OH is 1. The molecule has 0 aliphatic rings. The summed E-state index contributed by atoms with van der Waals surface area (Å²) in [6, 6.07) is 0. The normalized spacial score (nSPS) is 13.1. The summed E-state index contributed by atoms with van der Waals surface area (Å²) < 4.78 is 10.7. The molecule has 398 valence electrons. The lowest BCUT2D eigenvalue weighted by Gasteiger charge is -2.15. The molecule has 1 N–H and O–H groups in total. The summed E-state index contributed by atoms with van der Waals surface area (Å²) in [7, 11) is 0. The van der Waals surface area contributed by atoms with Gasteiger partial charge < -0.3 is 14.6 Å². The van der Waals surface area contributed by atoms with Crippen molar-refractivity contribution in [2.75, 3.05) is 13.2 Å². The number of hydrogen-bond acceptors (Lipinski definition) is 5. The van der Waals surface area contributed by atoms with E-state index in [9.17, 15) is 14.7 Å². The average Bonchev–Trinajstić information content (AvgIpc) is 3.36. The maximum atomic E-state index is 12.3. The second-order valence-electron chi connectivity index (χ2n) is 19.0. The van der Waals surface area contributed by atoms with Crippen LogP contribution in [0.15, 0.2) is 122 Å². The SMILES string of the molecule is CC/C=C\C/C=C\C/C=C\C/C=C\C/C=C\C/C=C\CCCCCCC(=O)OC(CO)COC(=O)CCCCCCCCCCCCCCCCCCCCCC/C=C\C/C=C\C/C=C\C/C=C\CC. The van der Waals surface area contributed by atoms with Crippen LogP contribution in [0, 0.1) is 0 Å². The molecule has 0 saturated heterocycles. The van der Waals surface area contributed by atoms with Gasteiger partial charge in [-0.3, -0.25) is 9.59 Å². The quantitative estimate of drug-likeness (QED) is 0.0374. The molecule has 5 nitrogen and oxygen atoms in total. The number of hydrogen-bond donors (Lipinski definition) is 1. The molecule has 5 heteroatoms. The van der Waals surface area contributed by atoms with Crippen molar-refractivity contribution >= 4 is 11.9 Å². The molecule has 0 amide bonds. The van der Waals surface area contributed by atoms with Crippen molar-refractivity contribution in [3.63, 3.8) is 0 Å². The first-order valence-corrected chi connectivity index (χ1v) is 29.1. The van der Waals surface area contributed by atoms with Crippen molar-refractivity contribution in [2.24, 2.45) is 0 Å². The van der Waals surface area contributed by atoms with E-state index in [1.165, 1.54) is 116 Å². The Labute approximate surface area is 433 Å². The molecule has 0 aromatic heterocycles. The van der Waals surface area contributed by atoms with E-state index >= 15 is 0 Å². The van der Waals surface area contributed by atoms with Crippen molar-refractivity contribution in [3.8, 4) is 0 Å². The minimum absolute atomic E-state index is 0.0810. The molecule has 0 bridgehead atoms. The molecule has 0 heterocycles. The van der Waals surface area contributed by atoms with Gasteiger partial charge in [-0.25, -0.2) is 0 Å². The summed E-state index contributed by atoms with van der Waals surface area (Å²) in [6.45, 7) is 3.90. The Morgan fingerprint density at radius 3 is 0.857 bits per heavy atom. The van der Waals surface area contributed by atoms with Crippen molar-refractivity contribution in [2.45, 2.75) is 264 Å². The fourth-order valence-electron chi connectivity index (χ4n) is 7.96. The lowest BCUT2D eigenvalue weighted by atomic mass is 10.0. The number of unbranched alkanes of at least 4 members (excludes halogenated alkanes) is 24. The Morgan fingerprint density at radius 2 is 0.571 bits per heavy atom. The first-order valence-electron chi connectivity index (χ1n) is 29.1. The number of esters is 2. The van der Waals surface area contributed by atoms with Gasteiger partial charge in [-0.1, -0.05) is 264 Å². The van der Waals surface area contributed by atoms with Gasteiger partial charge in [0.1, 0.15) is 6.61 Å². The van der Waals surface area contributed by atoms with Crippen LogP contribution in [-0.4, -0.2) is 36.4 Å². The number of ether oxygens (including phenoxy) is 2. The largest absolute Gasteiger partial charge is 0.462 e. The second kappa shape index (κ2) is 59.6. The zero-order valence-electron chi connectivity index (χ0n) is 45.5. The summed E-state index contributed by atoms with van der Waals surface area (Å²) in [5.74, 6) is -0.619. The van der Waals surface area contributed by atoms with E-state index in [0.29, 0.717) is 12.8 Å². The van der Waals surface area contributed by atoms with Gasteiger partial charge in [-0.15, -0.1) is 0 Å². The van der Waals surface area contributed by atoms with Gasteiger partial charge in [0.2, 0.25) is 0 Å². The third-order valence-electron chi connectivity index (χ3n) is 12.3. The predicted octanol–water partition coefficient (Wildman–Crippen LogP) is 19.9. The molecule has 0 aromatic rings. The molecule has 0 rings (SSSR count). The molecule has 0 spiro atoms. The van der Waals surface area contributed by atoms with Crippen molar-refractivity contribution in [1.82, 2.24) is 0 Å². The molecule has 1 unspecified atom stereocenters. The fraction of sp³-hybridized carbons (Fsp3) is 0.662. The van der Waals surface area contributed by atoms with Crippen molar-refractivity contribution in [1.29, 1.82) is 0 Å². The van der Waals surface area contributed by atoms with Gasteiger partial charge in [0.05, 0.1) is 6.61 Å². The topological polar surface area (TPSA) is 72.8 Å². The van der Waals surface area contributed by atoms with Gasteiger partial charge in [-0.2, -0.15) is 0 Å². The number of allylic oxidation sites excluding steroid dienone is 20. The predicted molar refractivity (Wildman–Crippen MR) is 306 cm³/mol. The van der Waals surface area contributed by atoms with Gasteiger partial charge in [0, 0.05) is 12.8 Å². The van der Waals surface area contributed by atoms with Crippen LogP contribution in [0.25, 0.3) is 0 Å². The Balaban J connectivity index is 3.52. The second-order valence-corrected chi connectivity index (χ2v) is 19.0. The summed E-state index contributed by atoms with van der Waals surface area (Å²) in [6.07, 6.45) is 87.5. The Bertz CT molecular complexity index is 1420. The zero-order valence-corrected chi connectivity index (χ0v) is 45.5. The Hall–Kier alpha value is -3.70. The highest BCUT2D eigenvalue weighted by Crippen LogP contribution is 2.16. The third-order valence-corrected chi connectivity index (χ3v) is 12.3. The maximum absolute atomic E-state index is 12.3. The molecule has 0 aliphatic heterocycles. The van der Waals surface area contributed by atoms with E-state index in [-0.39, 0.29) is 25.2 Å². The van der Waals surface area contributed by atoms with E-state index in [0.717, 1.165) is 116 Å². The maximum Gasteiger partial charge on any atom is 0.306 e. The van der Waals surface area contributed by atoms with Crippen LogP contribution in [0.3, 0.4) is 0 Å². The van der Waals surface area contributed by atoms with E-state index in [4.69, 9.17) is 9.47 Å². The number of carbonyl (C=O) groups excluding carboxylic acids is 2. The summed E-state index contributed by atoms with van der Waals surface area (Å²) in [5.41, 5.74) is 0. The molecule has 0 aromatic carbocycles. The van der Waals surface area contributed by atoms with Gasteiger partial charge in [0.15, 0.2) is 6.10 Å². The standard InChI is InChI=1S/C65H108O5/c1-3-5-7-9-11-13-15-17-19-21-23-25-27-28-29-30-31-32-33-34-35-36-38-39-41-43-45-47-49-51-53-55-57-59-64(67)69-62-63(61-66)70-65(68)60-58-56-54-52-50-48-46-44-42-40-37-26-24-22-20-18-16-14-12-10-8-6-4-2/h5-8,11-14,17-20,23-26,40,42,46,48,63,66H,3-4,9-10,15-16,21-22,27-39,41,43-45,47,49-62H2,1-2H3/b7-5-,8-6-,13-11-,14-12-,19-17-,20-18-,25-23-,26-24-,42-40-,48-46-. The summed E-state index contributed by atoms with van der Waals surface area (Å²) >= 11 is 0. The van der Waals surface area contributed by atoms with Gasteiger partial charge in [-0.05, 0) is 103 Å². The minimum atomic E-state index is -0.793. The van der Waals surface area contributed by atoms with Gasteiger partial charge in [0.25, 0.3) is 0 Å². The van der Waals surface area contributed by atoms with Crippen LogP contribution in [0.1, 0.15) is 258 Å². The van der Waals surface area contributed by atoms with E-state index < -0.39 is 6.10 Å². The van der Waals surface area contributed by atoms with E-state index in [2.05, 4.69) is 135 Å². The van der Waals surface area contributed by atoms with Crippen LogP contribution < -0.4 is 0 Å². The highest BCUT2D eigenvalue weighted by atomic mass is 16.6. The van der Waals surface area contributed by atoms with Crippen LogP contribution in [0.2, 0.25) is 0 Å². The first-order chi connectivity index (χ1) is 34.6. The summed E-state index contributed by atoms with van der Waals surface area (Å²) in [5, 5.41) is 9.65. The molecule has 0 radical (unpaired) electrons. The first kappa shape index (κ1) is 66.3.